The van der Waals surface area contributed by atoms with Gasteiger partial charge in [-0.25, -0.2) is 4.98 Å². The van der Waals surface area contributed by atoms with Crippen LogP contribution in [0.2, 0.25) is 0 Å². The van der Waals surface area contributed by atoms with Crippen LogP contribution in [0, 0.1) is 0 Å². The van der Waals surface area contributed by atoms with E-state index in [1.54, 1.807) is 0 Å². The summed E-state index contributed by atoms with van der Waals surface area (Å²) in [4.78, 5) is 9.61. The van der Waals surface area contributed by atoms with Gasteiger partial charge in [-0.3, -0.25) is 4.98 Å². The van der Waals surface area contributed by atoms with Gasteiger partial charge in [0.05, 0.1) is 16.9 Å². The first-order chi connectivity index (χ1) is 22.8. The van der Waals surface area contributed by atoms with Crippen molar-refractivity contribution in [3.05, 3.63) is 170 Å². The molecule has 0 aliphatic rings. The highest BCUT2D eigenvalue weighted by Gasteiger charge is 2.17. The van der Waals surface area contributed by atoms with E-state index in [1.165, 1.54) is 54.6 Å². The Bertz CT molecular complexity index is 2510. The molecule has 214 valence electrons. The molecule has 0 N–H and O–H groups in total. The summed E-state index contributed by atoms with van der Waals surface area (Å²) in [6.07, 6.45) is 1.95. The maximum absolute atomic E-state index is 4.82. The van der Waals surface area contributed by atoms with Gasteiger partial charge in [-0.05, 0) is 84.4 Å². The van der Waals surface area contributed by atoms with Gasteiger partial charge < -0.3 is 0 Å². The van der Waals surface area contributed by atoms with Gasteiger partial charge in [-0.15, -0.1) is 0 Å². The molecule has 0 unspecified atom stereocenters. The number of aromatic nitrogens is 2. The van der Waals surface area contributed by atoms with Gasteiger partial charge in [0.15, 0.2) is 0 Å². The molecule has 0 aliphatic carbocycles. The van der Waals surface area contributed by atoms with Crippen LogP contribution in [0.1, 0.15) is 0 Å². The Morgan fingerprint density at radius 1 is 0.326 bits per heavy atom. The quantitative estimate of drug-likeness (QED) is 0.192. The average molecular weight is 585 g/mol. The van der Waals surface area contributed by atoms with Crippen LogP contribution >= 0.6 is 0 Å². The van der Waals surface area contributed by atoms with Gasteiger partial charge >= 0.3 is 0 Å². The fourth-order valence-electron chi connectivity index (χ4n) is 6.85. The zero-order chi connectivity index (χ0) is 30.5. The molecule has 9 aromatic rings. The number of hydrogen-bond acceptors (Lipinski definition) is 2. The molecule has 0 radical (unpaired) electrons. The molecule has 0 saturated carbocycles. The first kappa shape index (κ1) is 26.3. The van der Waals surface area contributed by atoms with Crippen molar-refractivity contribution in [1.82, 2.24) is 9.97 Å². The highest BCUT2D eigenvalue weighted by Crippen LogP contribution is 2.44. The third-order valence-corrected chi connectivity index (χ3v) is 9.10. The number of nitrogens with zero attached hydrogens (tertiary/aromatic N) is 2. The number of para-hydroxylation sites is 1. The van der Waals surface area contributed by atoms with Crippen molar-refractivity contribution in [3.8, 4) is 44.8 Å². The van der Waals surface area contributed by atoms with Gasteiger partial charge in [-0.1, -0.05) is 140 Å². The van der Waals surface area contributed by atoms with Crippen molar-refractivity contribution in [2.75, 3.05) is 0 Å². The lowest BCUT2D eigenvalue weighted by atomic mass is 9.85. The van der Waals surface area contributed by atoms with Crippen LogP contribution in [-0.4, -0.2) is 9.97 Å². The standard InChI is InChI=1S/C44H28N2/c1-2-11-33-27-34(22-19-29(33)9-1)44-38-14-6-4-12-36(38)43(37-13-5-7-15-39(37)44)32-20-17-30(18-21-32)35-24-25-41(45-28-35)42-26-23-31-10-3-8-16-40(31)46-42/h1-28H. The summed E-state index contributed by atoms with van der Waals surface area (Å²) >= 11 is 0. The minimum absolute atomic E-state index is 0.871. The van der Waals surface area contributed by atoms with Crippen LogP contribution in [0.4, 0.5) is 0 Å². The molecule has 0 aliphatic heterocycles. The van der Waals surface area contributed by atoms with E-state index in [0.29, 0.717) is 0 Å². The lowest BCUT2D eigenvalue weighted by molar-refractivity contribution is 1.28. The first-order valence-corrected chi connectivity index (χ1v) is 15.7. The molecule has 7 aromatic carbocycles. The Labute approximate surface area is 267 Å². The van der Waals surface area contributed by atoms with Crippen molar-refractivity contribution in [2.24, 2.45) is 0 Å². The van der Waals surface area contributed by atoms with Crippen LogP contribution in [0.5, 0.6) is 0 Å². The smallest absolute Gasteiger partial charge is 0.0893 e. The molecule has 2 heterocycles. The van der Waals surface area contributed by atoms with Crippen molar-refractivity contribution in [1.29, 1.82) is 0 Å². The summed E-state index contributed by atoms with van der Waals surface area (Å²) in [6.45, 7) is 0. The van der Waals surface area contributed by atoms with Crippen LogP contribution in [0.15, 0.2) is 170 Å². The van der Waals surface area contributed by atoms with Gasteiger partial charge in [0.2, 0.25) is 0 Å². The van der Waals surface area contributed by atoms with Gasteiger partial charge in [-0.2, -0.15) is 0 Å². The van der Waals surface area contributed by atoms with E-state index >= 15 is 0 Å². The number of fused-ring (bicyclic) bond motifs is 4. The molecule has 0 bridgehead atoms. The summed E-state index contributed by atoms with van der Waals surface area (Å²) in [5, 5.41) is 8.68. The zero-order valence-corrected chi connectivity index (χ0v) is 25.1. The number of benzene rings is 7. The maximum atomic E-state index is 4.82. The zero-order valence-electron chi connectivity index (χ0n) is 25.1. The fraction of sp³-hybridized carbons (Fsp3) is 0. The fourth-order valence-corrected chi connectivity index (χ4v) is 6.85. The van der Waals surface area contributed by atoms with Crippen molar-refractivity contribution in [2.45, 2.75) is 0 Å². The average Bonchev–Trinajstić information content (AvgIpc) is 3.13. The Kier molecular flexibility index (Phi) is 6.17. The molecule has 2 nitrogen and oxygen atoms in total. The Balaban J connectivity index is 1.13. The monoisotopic (exact) mass is 584 g/mol. The largest absolute Gasteiger partial charge is 0.254 e. The highest BCUT2D eigenvalue weighted by atomic mass is 14.8. The summed E-state index contributed by atoms with van der Waals surface area (Å²) in [5.41, 5.74) is 9.93. The molecule has 9 rings (SSSR count). The van der Waals surface area contributed by atoms with E-state index in [1.807, 2.05) is 30.5 Å². The highest BCUT2D eigenvalue weighted by molar-refractivity contribution is 6.21. The summed E-state index contributed by atoms with van der Waals surface area (Å²) in [6, 6.07) is 58.5. The minimum Gasteiger partial charge on any atom is -0.254 e. The second kappa shape index (κ2) is 10.8. The third-order valence-electron chi connectivity index (χ3n) is 9.10. The van der Waals surface area contributed by atoms with Gasteiger partial charge in [0.25, 0.3) is 0 Å². The SMILES string of the molecule is c1ccc2cc(-c3c4ccccc4c(-c4ccc(-c5ccc(-c6ccc7ccccc7n6)nc5)cc4)c4ccccc34)ccc2c1. The second-order valence-electron chi connectivity index (χ2n) is 11.8. The molecular weight excluding hydrogens is 556 g/mol. The van der Waals surface area contributed by atoms with Crippen LogP contribution < -0.4 is 0 Å². The summed E-state index contributed by atoms with van der Waals surface area (Å²) in [7, 11) is 0. The van der Waals surface area contributed by atoms with E-state index < -0.39 is 0 Å². The van der Waals surface area contributed by atoms with Crippen molar-refractivity contribution in [3.63, 3.8) is 0 Å². The number of hydrogen-bond donors (Lipinski definition) is 0. The van der Waals surface area contributed by atoms with E-state index in [2.05, 4.69) is 140 Å². The molecule has 0 spiro atoms. The number of pyridine rings is 2. The molecule has 2 aromatic heterocycles. The molecular formula is C44H28N2. The molecule has 0 atom stereocenters. The van der Waals surface area contributed by atoms with E-state index in [-0.39, 0.29) is 0 Å². The normalized spacial score (nSPS) is 11.5. The Hall–Kier alpha value is -6.12. The topological polar surface area (TPSA) is 25.8 Å². The predicted octanol–water partition coefficient (Wildman–Crippen LogP) is 11.8. The van der Waals surface area contributed by atoms with E-state index in [9.17, 15) is 0 Å². The van der Waals surface area contributed by atoms with E-state index in [0.717, 1.165) is 33.4 Å². The molecule has 46 heavy (non-hydrogen) atoms. The number of rotatable bonds is 4. The molecule has 0 fully saturated rings. The Morgan fingerprint density at radius 2 is 0.826 bits per heavy atom. The minimum atomic E-state index is 0.871. The molecule has 0 saturated heterocycles. The van der Waals surface area contributed by atoms with Crippen LogP contribution in [-0.2, 0) is 0 Å². The first-order valence-electron chi connectivity index (χ1n) is 15.7. The van der Waals surface area contributed by atoms with E-state index in [4.69, 9.17) is 9.97 Å². The van der Waals surface area contributed by atoms with Gasteiger partial charge in [0.1, 0.15) is 0 Å². The van der Waals surface area contributed by atoms with Crippen LogP contribution in [0.3, 0.4) is 0 Å². The van der Waals surface area contributed by atoms with Crippen molar-refractivity contribution < 1.29 is 0 Å². The lowest BCUT2D eigenvalue weighted by Crippen LogP contribution is -1.91. The van der Waals surface area contributed by atoms with Gasteiger partial charge in [0, 0.05) is 17.1 Å². The second-order valence-corrected chi connectivity index (χ2v) is 11.8. The van der Waals surface area contributed by atoms with Crippen molar-refractivity contribution >= 4 is 43.2 Å². The van der Waals surface area contributed by atoms with Crippen LogP contribution in [0.25, 0.3) is 88.0 Å². The maximum Gasteiger partial charge on any atom is 0.0893 e. The summed E-state index contributed by atoms with van der Waals surface area (Å²) in [5.74, 6) is 0. The third kappa shape index (κ3) is 4.43. The molecule has 0 amide bonds. The summed E-state index contributed by atoms with van der Waals surface area (Å²) < 4.78 is 0. The molecule has 2 heteroatoms. The Morgan fingerprint density at radius 3 is 1.50 bits per heavy atom. The predicted molar refractivity (Wildman–Crippen MR) is 194 cm³/mol. The lowest BCUT2D eigenvalue weighted by Gasteiger charge is -2.18.